The van der Waals surface area contributed by atoms with Crippen LogP contribution in [0.1, 0.15) is 25.7 Å². The molecule has 0 fully saturated rings. The van der Waals surface area contributed by atoms with Crippen molar-refractivity contribution in [2.45, 2.75) is 25.7 Å². The zero-order valence-corrected chi connectivity index (χ0v) is 17.3. The molecule has 110 valence electrons. The molecule has 0 radical (unpaired) electrons. The van der Waals surface area contributed by atoms with Crippen LogP contribution in [0.4, 0.5) is 0 Å². The Morgan fingerprint density at radius 2 is 0.889 bits per heavy atom. The summed E-state index contributed by atoms with van der Waals surface area (Å²) in [5.41, 5.74) is 0. The van der Waals surface area contributed by atoms with Crippen LogP contribution < -0.4 is 0 Å². The third-order valence-electron chi connectivity index (χ3n) is 1.96. The molecule has 0 aromatic heterocycles. The van der Waals surface area contributed by atoms with Gasteiger partial charge in [0.15, 0.2) is 0 Å². The van der Waals surface area contributed by atoms with Gasteiger partial charge >= 0.3 is 0 Å². The van der Waals surface area contributed by atoms with Crippen LogP contribution in [0.15, 0.2) is 0 Å². The van der Waals surface area contributed by atoms with Crippen LogP contribution in [0, 0.1) is 0 Å². The van der Waals surface area contributed by atoms with E-state index in [1.807, 2.05) is 0 Å². The van der Waals surface area contributed by atoms with Crippen molar-refractivity contribution in [3.05, 3.63) is 0 Å². The third-order valence-corrected chi connectivity index (χ3v) is 7.97. The highest BCUT2D eigenvalue weighted by Crippen LogP contribution is 2.24. The second-order valence-electron chi connectivity index (χ2n) is 3.66. The number of hydrogen-bond acceptors (Lipinski definition) is 4. The van der Waals surface area contributed by atoms with Gasteiger partial charge in [0.25, 0.3) is 0 Å². The molecule has 0 aromatic carbocycles. The topological polar surface area (TPSA) is 0 Å². The molecule has 18 heavy (non-hydrogen) atoms. The molecule has 0 aliphatic carbocycles. The number of thioether (sulfide) groups is 2. The van der Waals surface area contributed by atoms with E-state index in [4.69, 9.17) is 0 Å². The van der Waals surface area contributed by atoms with Gasteiger partial charge in [0, 0.05) is 22.2 Å². The second kappa shape index (κ2) is 19.4. The predicted molar refractivity (Wildman–Crippen MR) is 106 cm³/mol. The largest absolute Gasteiger partial charge is 0.162 e. The fraction of sp³-hybridized carbons (Fsp3) is 1.00. The van der Waals surface area contributed by atoms with E-state index >= 15 is 0 Å². The molecule has 0 amide bonds. The van der Waals surface area contributed by atoms with E-state index in [-0.39, 0.29) is 0 Å². The van der Waals surface area contributed by atoms with Gasteiger partial charge in [0.1, 0.15) is 0 Å². The maximum absolute atomic E-state index is 3.46. The van der Waals surface area contributed by atoms with Crippen LogP contribution in [0.3, 0.4) is 0 Å². The molecule has 0 saturated carbocycles. The third kappa shape index (κ3) is 18.4. The molecule has 0 nitrogen and oxygen atoms in total. The lowest BCUT2D eigenvalue weighted by Crippen LogP contribution is -1.88. The molecule has 0 N–H and O–H groups in total. The maximum Gasteiger partial charge on any atom is 0.00447 e. The van der Waals surface area contributed by atoms with E-state index in [9.17, 15) is 0 Å². The Morgan fingerprint density at radius 3 is 1.28 bits per heavy atom. The quantitative estimate of drug-likeness (QED) is 0.164. The standard InChI is InChI=1S/C12H24Br2S4/c13-5-1-7-15-9-3-11-17-18-12-4-10-16-8-2-6-14/h1-12H2. The lowest BCUT2D eigenvalue weighted by molar-refractivity contribution is 1.10. The Labute approximate surface area is 146 Å². The number of hydrogen-bond donors (Lipinski definition) is 0. The molecule has 0 atom stereocenters. The molecule has 0 aliphatic heterocycles. The normalized spacial score (nSPS) is 11.0. The Bertz CT molecular complexity index is 134. The van der Waals surface area contributed by atoms with Crippen LogP contribution >= 0.6 is 77.0 Å². The predicted octanol–water partition coefficient (Wildman–Crippen LogP) is 6.18. The van der Waals surface area contributed by atoms with Crippen LogP contribution in [-0.2, 0) is 0 Å². The summed E-state index contributed by atoms with van der Waals surface area (Å²) in [5, 5.41) is 2.30. The van der Waals surface area contributed by atoms with Crippen LogP contribution in [0.2, 0.25) is 0 Å². The first-order valence-corrected chi connectivity index (χ1v) is 13.5. The Kier molecular flexibility index (Phi) is 21.9. The van der Waals surface area contributed by atoms with Crippen molar-refractivity contribution >= 4 is 77.0 Å². The van der Waals surface area contributed by atoms with Crippen LogP contribution in [0.25, 0.3) is 0 Å². The van der Waals surface area contributed by atoms with Crippen molar-refractivity contribution in [2.24, 2.45) is 0 Å². The summed E-state index contributed by atoms with van der Waals surface area (Å²) in [6, 6.07) is 0. The minimum atomic E-state index is 1.15. The summed E-state index contributed by atoms with van der Waals surface area (Å²) in [7, 11) is 4.13. The first-order valence-electron chi connectivity index (χ1n) is 6.43. The van der Waals surface area contributed by atoms with Crippen LogP contribution in [0.5, 0.6) is 0 Å². The highest BCUT2D eigenvalue weighted by Gasteiger charge is 1.94. The zero-order valence-electron chi connectivity index (χ0n) is 10.9. The average Bonchev–Trinajstić information content (AvgIpc) is 2.39. The molecule has 0 bridgehead atoms. The SMILES string of the molecule is BrCCCSCCCSSCCCSCCCBr. The summed E-state index contributed by atoms with van der Waals surface area (Å²) >= 11 is 11.1. The lowest BCUT2D eigenvalue weighted by Gasteiger charge is -2.02. The highest BCUT2D eigenvalue weighted by atomic mass is 79.9. The molecule has 0 saturated heterocycles. The fourth-order valence-electron chi connectivity index (χ4n) is 1.08. The molecule has 0 aliphatic rings. The van der Waals surface area contributed by atoms with E-state index in [1.165, 1.54) is 60.2 Å². The number of alkyl halides is 2. The fourth-order valence-corrected chi connectivity index (χ4v) is 6.72. The van der Waals surface area contributed by atoms with Crippen molar-refractivity contribution < 1.29 is 0 Å². The molecule has 0 spiro atoms. The minimum absolute atomic E-state index is 1.15. The first kappa shape index (κ1) is 20.4. The molecule has 6 heteroatoms. The van der Waals surface area contributed by atoms with Crippen molar-refractivity contribution in [3.63, 3.8) is 0 Å². The molecule has 0 rings (SSSR count). The number of halogens is 2. The molecular weight excluding hydrogens is 432 g/mol. The second-order valence-corrected chi connectivity index (χ2v) is 10.4. The van der Waals surface area contributed by atoms with Gasteiger partial charge in [0.05, 0.1) is 0 Å². The van der Waals surface area contributed by atoms with E-state index < -0.39 is 0 Å². The summed E-state index contributed by atoms with van der Waals surface area (Å²) in [4.78, 5) is 0. The molecule has 0 heterocycles. The monoisotopic (exact) mass is 454 g/mol. The molecular formula is C12H24Br2S4. The summed E-state index contributed by atoms with van der Waals surface area (Å²) in [6.07, 6.45) is 5.34. The van der Waals surface area contributed by atoms with Gasteiger partial charge in [-0.2, -0.15) is 23.5 Å². The van der Waals surface area contributed by atoms with Crippen molar-refractivity contribution in [1.29, 1.82) is 0 Å². The van der Waals surface area contributed by atoms with Crippen molar-refractivity contribution in [1.82, 2.24) is 0 Å². The van der Waals surface area contributed by atoms with Gasteiger partial charge in [-0.1, -0.05) is 53.4 Å². The smallest absolute Gasteiger partial charge is 0.00447 e. The molecule has 0 unspecified atom stereocenters. The Morgan fingerprint density at radius 1 is 0.500 bits per heavy atom. The summed E-state index contributed by atoms with van der Waals surface area (Å²) in [5.74, 6) is 7.95. The average molecular weight is 456 g/mol. The van der Waals surface area contributed by atoms with Gasteiger partial charge in [-0.25, -0.2) is 0 Å². The van der Waals surface area contributed by atoms with Crippen molar-refractivity contribution in [3.8, 4) is 0 Å². The van der Waals surface area contributed by atoms with E-state index in [0.717, 1.165) is 10.7 Å². The first-order chi connectivity index (χ1) is 8.91. The molecule has 0 aromatic rings. The van der Waals surface area contributed by atoms with E-state index in [0.29, 0.717) is 0 Å². The van der Waals surface area contributed by atoms with Crippen LogP contribution in [-0.4, -0.2) is 45.2 Å². The minimum Gasteiger partial charge on any atom is -0.162 e. The highest BCUT2D eigenvalue weighted by molar-refractivity contribution is 9.09. The summed E-state index contributed by atoms with van der Waals surface area (Å²) in [6.45, 7) is 0. The van der Waals surface area contributed by atoms with Crippen molar-refractivity contribution in [2.75, 3.05) is 45.2 Å². The van der Waals surface area contributed by atoms with Gasteiger partial charge < -0.3 is 0 Å². The van der Waals surface area contributed by atoms with Gasteiger partial charge in [-0.05, 0) is 48.7 Å². The Hall–Kier alpha value is 2.36. The van der Waals surface area contributed by atoms with Gasteiger partial charge in [-0.3, -0.25) is 0 Å². The van der Waals surface area contributed by atoms with Gasteiger partial charge in [0.2, 0.25) is 0 Å². The van der Waals surface area contributed by atoms with Gasteiger partial charge in [-0.15, -0.1) is 0 Å². The summed E-state index contributed by atoms with van der Waals surface area (Å²) < 4.78 is 0. The van der Waals surface area contributed by atoms with E-state index in [2.05, 4.69) is 77.0 Å². The zero-order chi connectivity index (χ0) is 13.3. The van der Waals surface area contributed by atoms with E-state index in [1.54, 1.807) is 0 Å². The Balaban J connectivity index is 2.86. The number of rotatable bonds is 15. The lowest BCUT2D eigenvalue weighted by atomic mass is 10.6. The maximum atomic E-state index is 3.46.